The van der Waals surface area contributed by atoms with Gasteiger partial charge >= 0.3 is 0 Å². The number of aryl methyl sites for hydroxylation is 1. The average Bonchev–Trinajstić information content (AvgIpc) is 2.34. The molecule has 3 N–H and O–H groups in total. The van der Waals surface area contributed by atoms with Crippen LogP contribution < -0.4 is 5.32 Å². The number of hydrogen-bond donors (Lipinski definition) is 3. The van der Waals surface area contributed by atoms with Crippen molar-refractivity contribution in [2.45, 2.75) is 38.8 Å². The highest BCUT2D eigenvalue weighted by atomic mass is 32.2. The van der Waals surface area contributed by atoms with E-state index in [4.69, 9.17) is 4.55 Å². The molecule has 0 bridgehead atoms. The normalized spacial score (nSPS) is 14.2. The molecule has 1 aromatic carbocycles. The molecule has 0 aromatic heterocycles. The summed E-state index contributed by atoms with van der Waals surface area (Å²) in [6.07, 6.45) is -0.406. The Labute approximate surface area is 120 Å². The van der Waals surface area contributed by atoms with Crippen LogP contribution in [0.25, 0.3) is 0 Å². The molecular formula is C14H23NO4S. The van der Waals surface area contributed by atoms with E-state index in [1.54, 1.807) is 0 Å². The van der Waals surface area contributed by atoms with Crippen LogP contribution in [0.2, 0.25) is 0 Å². The highest BCUT2D eigenvalue weighted by Gasteiger charge is 2.28. The van der Waals surface area contributed by atoms with Gasteiger partial charge in [-0.15, -0.1) is 0 Å². The molecule has 0 spiro atoms. The second kappa shape index (κ2) is 6.67. The van der Waals surface area contributed by atoms with Gasteiger partial charge in [-0.25, -0.2) is 0 Å². The SMILES string of the molecule is Cc1ccc(C(O)C(C)(C)NCCCS(=O)(=O)O)cc1. The molecule has 0 saturated heterocycles. The zero-order valence-electron chi connectivity index (χ0n) is 12.1. The van der Waals surface area contributed by atoms with E-state index >= 15 is 0 Å². The smallest absolute Gasteiger partial charge is 0.264 e. The summed E-state index contributed by atoms with van der Waals surface area (Å²) >= 11 is 0. The second-order valence-corrected chi connectivity index (χ2v) is 7.17. The lowest BCUT2D eigenvalue weighted by molar-refractivity contribution is 0.0806. The fourth-order valence-electron chi connectivity index (χ4n) is 1.93. The largest absolute Gasteiger partial charge is 0.387 e. The molecule has 0 heterocycles. The Morgan fingerprint density at radius 2 is 1.80 bits per heavy atom. The maximum atomic E-state index is 10.6. The van der Waals surface area contributed by atoms with Gasteiger partial charge in [-0.3, -0.25) is 4.55 Å². The zero-order chi connectivity index (χ0) is 15.4. The van der Waals surface area contributed by atoms with E-state index < -0.39 is 21.8 Å². The maximum absolute atomic E-state index is 10.6. The van der Waals surface area contributed by atoms with E-state index in [1.165, 1.54) is 0 Å². The Morgan fingerprint density at radius 1 is 1.25 bits per heavy atom. The second-order valence-electron chi connectivity index (χ2n) is 5.60. The summed E-state index contributed by atoms with van der Waals surface area (Å²) in [4.78, 5) is 0. The first-order valence-electron chi connectivity index (χ1n) is 6.57. The van der Waals surface area contributed by atoms with Crippen LogP contribution in [0.4, 0.5) is 0 Å². The van der Waals surface area contributed by atoms with Crippen LogP contribution in [-0.2, 0) is 10.1 Å². The summed E-state index contributed by atoms with van der Waals surface area (Å²) < 4.78 is 29.9. The van der Waals surface area contributed by atoms with Crippen molar-refractivity contribution in [3.63, 3.8) is 0 Å². The molecule has 0 aliphatic rings. The summed E-state index contributed by atoms with van der Waals surface area (Å²) in [5.74, 6) is -0.281. The predicted octanol–water partition coefficient (Wildman–Crippen LogP) is 1.67. The van der Waals surface area contributed by atoms with Gasteiger partial charge < -0.3 is 10.4 Å². The molecule has 5 nitrogen and oxygen atoms in total. The van der Waals surface area contributed by atoms with E-state index in [-0.39, 0.29) is 5.75 Å². The first kappa shape index (κ1) is 17.1. The number of aliphatic hydroxyl groups excluding tert-OH is 1. The minimum atomic E-state index is -3.92. The lowest BCUT2D eigenvalue weighted by atomic mass is 9.91. The van der Waals surface area contributed by atoms with Crippen LogP contribution in [0.5, 0.6) is 0 Å². The van der Waals surface area contributed by atoms with Gasteiger partial charge in [0.2, 0.25) is 0 Å². The van der Waals surface area contributed by atoms with Gasteiger partial charge in [0.05, 0.1) is 11.9 Å². The van der Waals surface area contributed by atoms with E-state index in [2.05, 4.69) is 5.32 Å². The van der Waals surface area contributed by atoms with E-state index in [0.29, 0.717) is 13.0 Å². The van der Waals surface area contributed by atoms with Crippen molar-refractivity contribution in [3.05, 3.63) is 35.4 Å². The van der Waals surface area contributed by atoms with Crippen molar-refractivity contribution in [3.8, 4) is 0 Å². The molecule has 0 amide bonds. The average molecular weight is 301 g/mol. The van der Waals surface area contributed by atoms with Crippen LogP contribution in [0, 0.1) is 6.92 Å². The molecule has 0 aliphatic carbocycles. The molecule has 1 aromatic rings. The minimum Gasteiger partial charge on any atom is -0.387 e. The van der Waals surface area contributed by atoms with Crippen molar-refractivity contribution in [1.82, 2.24) is 5.32 Å². The zero-order valence-corrected chi connectivity index (χ0v) is 12.9. The number of aliphatic hydroxyl groups is 1. The van der Waals surface area contributed by atoms with Gasteiger partial charge in [-0.1, -0.05) is 29.8 Å². The number of rotatable bonds is 7. The molecule has 0 fully saturated rings. The summed E-state index contributed by atoms with van der Waals surface area (Å²) in [5, 5.41) is 13.5. The molecule has 114 valence electrons. The van der Waals surface area contributed by atoms with Crippen molar-refractivity contribution in [1.29, 1.82) is 0 Å². The Balaban J connectivity index is 2.56. The maximum Gasteiger partial charge on any atom is 0.264 e. The third-order valence-electron chi connectivity index (χ3n) is 3.24. The Bertz CT molecular complexity index is 523. The predicted molar refractivity (Wildman–Crippen MR) is 79.3 cm³/mol. The number of nitrogens with one attached hydrogen (secondary N) is 1. The van der Waals surface area contributed by atoms with Gasteiger partial charge in [0.25, 0.3) is 10.1 Å². The van der Waals surface area contributed by atoms with Crippen molar-refractivity contribution >= 4 is 10.1 Å². The Morgan fingerprint density at radius 3 is 2.30 bits per heavy atom. The van der Waals surface area contributed by atoms with Crippen molar-refractivity contribution < 1.29 is 18.1 Å². The van der Waals surface area contributed by atoms with Crippen LogP contribution in [-0.4, -0.2) is 35.9 Å². The third kappa shape index (κ3) is 5.58. The summed E-state index contributed by atoms with van der Waals surface area (Å²) in [5.41, 5.74) is 1.34. The highest BCUT2D eigenvalue weighted by Crippen LogP contribution is 2.25. The molecule has 1 unspecified atom stereocenters. The van der Waals surface area contributed by atoms with Crippen LogP contribution in [0.3, 0.4) is 0 Å². The fraction of sp³-hybridized carbons (Fsp3) is 0.571. The van der Waals surface area contributed by atoms with Gasteiger partial charge in [0.1, 0.15) is 0 Å². The molecule has 1 atom stereocenters. The number of benzene rings is 1. The number of hydrogen-bond acceptors (Lipinski definition) is 4. The fourth-order valence-corrected chi connectivity index (χ4v) is 2.44. The quantitative estimate of drug-likeness (QED) is 0.527. The highest BCUT2D eigenvalue weighted by molar-refractivity contribution is 7.85. The molecule has 0 aliphatic heterocycles. The van der Waals surface area contributed by atoms with Crippen molar-refractivity contribution in [2.75, 3.05) is 12.3 Å². The first-order chi connectivity index (χ1) is 9.12. The summed E-state index contributed by atoms with van der Waals surface area (Å²) in [6, 6.07) is 7.63. The summed E-state index contributed by atoms with van der Waals surface area (Å²) in [7, 11) is -3.92. The van der Waals surface area contributed by atoms with Crippen LogP contribution >= 0.6 is 0 Å². The molecule has 6 heteroatoms. The van der Waals surface area contributed by atoms with E-state index in [1.807, 2.05) is 45.0 Å². The van der Waals surface area contributed by atoms with E-state index in [9.17, 15) is 13.5 Å². The molecule has 0 saturated carbocycles. The van der Waals surface area contributed by atoms with Gasteiger partial charge in [0.15, 0.2) is 0 Å². The first-order valence-corrected chi connectivity index (χ1v) is 8.17. The van der Waals surface area contributed by atoms with Gasteiger partial charge in [-0.2, -0.15) is 8.42 Å². The van der Waals surface area contributed by atoms with Crippen LogP contribution in [0.1, 0.15) is 37.5 Å². The lowest BCUT2D eigenvalue weighted by Gasteiger charge is -2.32. The summed E-state index contributed by atoms with van der Waals surface area (Å²) in [6.45, 7) is 6.08. The minimum absolute atomic E-state index is 0.281. The monoisotopic (exact) mass is 301 g/mol. The topological polar surface area (TPSA) is 86.6 Å². The standard InChI is InChI=1S/C14H23NO4S/c1-11-5-7-12(8-6-11)13(16)14(2,3)15-9-4-10-20(17,18)19/h5-8,13,15-16H,4,9-10H2,1-3H3,(H,17,18,19). The molecule has 0 radical (unpaired) electrons. The molecule has 20 heavy (non-hydrogen) atoms. The lowest BCUT2D eigenvalue weighted by Crippen LogP contribution is -2.45. The Hall–Kier alpha value is -0.950. The van der Waals surface area contributed by atoms with Gasteiger partial charge in [0, 0.05) is 5.54 Å². The molecule has 1 rings (SSSR count). The van der Waals surface area contributed by atoms with Crippen molar-refractivity contribution in [2.24, 2.45) is 0 Å². The molecular weight excluding hydrogens is 278 g/mol. The van der Waals surface area contributed by atoms with Gasteiger partial charge in [-0.05, 0) is 39.3 Å². The van der Waals surface area contributed by atoms with Crippen LogP contribution in [0.15, 0.2) is 24.3 Å². The Kier molecular flexibility index (Phi) is 5.70. The third-order valence-corrected chi connectivity index (χ3v) is 4.04. The van der Waals surface area contributed by atoms with E-state index in [0.717, 1.165) is 11.1 Å².